The Hall–Kier alpha value is -2.69. The fourth-order valence-electron chi connectivity index (χ4n) is 3.45. The van der Waals surface area contributed by atoms with Gasteiger partial charge in [0.1, 0.15) is 11.5 Å². The summed E-state index contributed by atoms with van der Waals surface area (Å²) >= 11 is 0. The molecule has 128 valence electrons. The first kappa shape index (κ1) is 15.8. The molecule has 4 rings (SSSR count). The Bertz CT molecular complexity index is 1010. The van der Waals surface area contributed by atoms with E-state index in [2.05, 4.69) is 65.5 Å². The fourth-order valence-corrected chi connectivity index (χ4v) is 3.45. The molecule has 0 aliphatic rings. The van der Waals surface area contributed by atoms with Crippen molar-refractivity contribution in [3.8, 4) is 0 Å². The van der Waals surface area contributed by atoms with E-state index in [-0.39, 0.29) is 0 Å². The first-order valence-corrected chi connectivity index (χ1v) is 8.78. The number of hydrogen-bond acceptors (Lipinski definition) is 3. The van der Waals surface area contributed by atoms with Gasteiger partial charge in [0, 0.05) is 41.9 Å². The van der Waals surface area contributed by atoms with Gasteiger partial charge in [0.05, 0.1) is 17.2 Å². The van der Waals surface area contributed by atoms with Gasteiger partial charge in [-0.25, -0.2) is 9.97 Å². The summed E-state index contributed by atoms with van der Waals surface area (Å²) in [6.45, 7) is 6.55. The van der Waals surface area contributed by atoms with Gasteiger partial charge in [-0.2, -0.15) is 0 Å². The van der Waals surface area contributed by atoms with Crippen molar-refractivity contribution in [2.75, 3.05) is 0 Å². The van der Waals surface area contributed by atoms with E-state index >= 15 is 0 Å². The van der Waals surface area contributed by atoms with Crippen LogP contribution in [0.3, 0.4) is 0 Å². The molecule has 4 aromatic rings. The maximum Gasteiger partial charge on any atom is 0.137 e. The Morgan fingerprint density at radius 2 is 2.00 bits per heavy atom. The second kappa shape index (κ2) is 5.99. The molecule has 0 amide bonds. The highest BCUT2D eigenvalue weighted by Gasteiger charge is 2.15. The van der Waals surface area contributed by atoms with Gasteiger partial charge in [-0.05, 0) is 30.7 Å². The van der Waals surface area contributed by atoms with E-state index in [1.165, 1.54) is 5.69 Å². The van der Waals surface area contributed by atoms with Gasteiger partial charge >= 0.3 is 0 Å². The zero-order chi connectivity index (χ0) is 17.6. The third-order valence-electron chi connectivity index (χ3n) is 4.83. The van der Waals surface area contributed by atoms with E-state index in [0.29, 0.717) is 11.8 Å². The highest BCUT2D eigenvalue weighted by Crippen LogP contribution is 2.25. The molecule has 0 spiro atoms. The van der Waals surface area contributed by atoms with Crippen LogP contribution in [0.5, 0.6) is 0 Å². The molecule has 0 saturated carbocycles. The molecule has 0 bridgehead atoms. The second-order valence-electron chi connectivity index (χ2n) is 7.12. The van der Waals surface area contributed by atoms with Crippen molar-refractivity contribution >= 4 is 22.1 Å². The Morgan fingerprint density at radius 1 is 1.16 bits per heavy atom. The zero-order valence-electron chi connectivity index (χ0n) is 15.1. The van der Waals surface area contributed by atoms with E-state index in [1.54, 1.807) is 0 Å². The van der Waals surface area contributed by atoms with Crippen LogP contribution >= 0.6 is 0 Å². The fraction of sp³-hybridized carbons (Fsp3) is 0.350. The van der Waals surface area contributed by atoms with Crippen LogP contribution in [0.4, 0.5) is 0 Å². The molecular formula is C20H23N5. The molecular weight excluding hydrogens is 310 g/mol. The number of nitrogens with one attached hydrogen (secondary N) is 1. The summed E-state index contributed by atoms with van der Waals surface area (Å²) in [4.78, 5) is 17.3. The molecule has 4 heterocycles. The summed E-state index contributed by atoms with van der Waals surface area (Å²) in [6.07, 6.45) is 4.63. The molecule has 0 fully saturated rings. The largest absolute Gasteiger partial charge is 0.343 e. The summed E-state index contributed by atoms with van der Waals surface area (Å²) in [5.74, 6) is 1.84. The Labute approximate surface area is 147 Å². The normalized spacial score (nSPS) is 13.2. The smallest absolute Gasteiger partial charge is 0.137 e. The minimum atomic E-state index is 0.340. The lowest BCUT2D eigenvalue weighted by Gasteiger charge is -2.09. The molecule has 5 nitrogen and oxygen atoms in total. The van der Waals surface area contributed by atoms with E-state index in [1.807, 2.05) is 18.5 Å². The maximum atomic E-state index is 4.79. The summed E-state index contributed by atoms with van der Waals surface area (Å²) in [5, 5.41) is 1.15. The molecule has 1 N–H and O–H groups in total. The molecule has 0 aliphatic heterocycles. The van der Waals surface area contributed by atoms with Gasteiger partial charge in [-0.15, -0.1) is 0 Å². The minimum Gasteiger partial charge on any atom is -0.343 e. The van der Waals surface area contributed by atoms with Gasteiger partial charge in [0.15, 0.2) is 0 Å². The van der Waals surface area contributed by atoms with Crippen LogP contribution in [0, 0.1) is 0 Å². The van der Waals surface area contributed by atoms with Gasteiger partial charge in [0.2, 0.25) is 0 Å². The number of fused-ring (bicyclic) bond motifs is 2. The predicted molar refractivity (Wildman–Crippen MR) is 101 cm³/mol. The number of aryl methyl sites for hydroxylation is 1. The number of hydrogen-bond donors (Lipinski definition) is 1. The third kappa shape index (κ3) is 2.80. The molecule has 0 saturated heterocycles. The molecule has 1 atom stereocenters. The van der Waals surface area contributed by atoms with Crippen LogP contribution in [-0.4, -0.2) is 24.5 Å². The third-order valence-corrected chi connectivity index (χ3v) is 4.83. The SMILES string of the molecule is CC(C)c1nc2cc(CC(C)c3cc4cccnc4[nH]3)ncc2n1C. The van der Waals surface area contributed by atoms with Crippen molar-refractivity contribution in [3.05, 3.63) is 53.9 Å². The topological polar surface area (TPSA) is 59.4 Å². The van der Waals surface area contributed by atoms with Gasteiger partial charge in [-0.3, -0.25) is 4.98 Å². The van der Waals surface area contributed by atoms with Crippen LogP contribution < -0.4 is 0 Å². The maximum absolute atomic E-state index is 4.79. The van der Waals surface area contributed by atoms with E-state index in [0.717, 1.165) is 40.0 Å². The Morgan fingerprint density at radius 3 is 2.76 bits per heavy atom. The average molecular weight is 333 g/mol. The quantitative estimate of drug-likeness (QED) is 0.605. The average Bonchev–Trinajstić information content (AvgIpc) is 3.16. The van der Waals surface area contributed by atoms with Crippen molar-refractivity contribution in [3.63, 3.8) is 0 Å². The first-order valence-electron chi connectivity index (χ1n) is 8.78. The highest BCUT2D eigenvalue weighted by molar-refractivity contribution is 5.77. The van der Waals surface area contributed by atoms with Gasteiger partial charge in [0.25, 0.3) is 0 Å². The van der Waals surface area contributed by atoms with Crippen molar-refractivity contribution in [1.29, 1.82) is 0 Å². The number of aromatic nitrogens is 5. The van der Waals surface area contributed by atoms with Crippen LogP contribution in [0.1, 0.15) is 49.8 Å². The molecule has 1 unspecified atom stereocenters. The lowest BCUT2D eigenvalue weighted by molar-refractivity contribution is 0.720. The van der Waals surface area contributed by atoms with E-state index in [4.69, 9.17) is 4.98 Å². The van der Waals surface area contributed by atoms with Crippen molar-refractivity contribution in [2.45, 2.75) is 39.0 Å². The monoisotopic (exact) mass is 333 g/mol. The van der Waals surface area contributed by atoms with E-state index in [9.17, 15) is 0 Å². The van der Waals surface area contributed by atoms with Crippen molar-refractivity contribution in [2.24, 2.45) is 7.05 Å². The molecule has 4 aromatic heterocycles. The minimum absolute atomic E-state index is 0.340. The Balaban J connectivity index is 1.63. The lowest BCUT2D eigenvalue weighted by atomic mass is 10.0. The Kier molecular flexibility index (Phi) is 3.79. The second-order valence-corrected chi connectivity index (χ2v) is 7.12. The summed E-state index contributed by atoms with van der Waals surface area (Å²) < 4.78 is 2.14. The molecule has 0 aromatic carbocycles. The molecule has 0 aliphatic carbocycles. The van der Waals surface area contributed by atoms with Gasteiger partial charge < -0.3 is 9.55 Å². The zero-order valence-corrected chi connectivity index (χ0v) is 15.1. The van der Waals surface area contributed by atoms with Crippen LogP contribution in [0.2, 0.25) is 0 Å². The van der Waals surface area contributed by atoms with Crippen molar-refractivity contribution in [1.82, 2.24) is 24.5 Å². The van der Waals surface area contributed by atoms with Crippen LogP contribution in [0.15, 0.2) is 36.7 Å². The number of imidazole rings is 1. The molecule has 25 heavy (non-hydrogen) atoms. The summed E-state index contributed by atoms with van der Waals surface area (Å²) in [7, 11) is 2.06. The predicted octanol–water partition coefficient (Wildman–Crippen LogP) is 4.31. The van der Waals surface area contributed by atoms with Crippen LogP contribution in [-0.2, 0) is 13.5 Å². The van der Waals surface area contributed by atoms with Crippen LogP contribution in [0.25, 0.3) is 22.1 Å². The van der Waals surface area contributed by atoms with Crippen molar-refractivity contribution < 1.29 is 0 Å². The number of pyridine rings is 2. The molecule has 0 radical (unpaired) electrons. The summed E-state index contributed by atoms with van der Waals surface area (Å²) in [5.41, 5.74) is 5.33. The van der Waals surface area contributed by atoms with Gasteiger partial charge in [-0.1, -0.05) is 20.8 Å². The first-order chi connectivity index (χ1) is 12.0. The van der Waals surface area contributed by atoms with E-state index < -0.39 is 0 Å². The highest BCUT2D eigenvalue weighted by atomic mass is 15.1. The summed E-state index contributed by atoms with van der Waals surface area (Å²) in [6, 6.07) is 8.36. The number of aromatic amines is 1. The molecule has 5 heteroatoms. The number of H-pyrrole nitrogens is 1. The number of nitrogens with zero attached hydrogens (tertiary/aromatic N) is 4. The number of rotatable bonds is 4. The lowest BCUT2D eigenvalue weighted by Crippen LogP contribution is -2.01. The standard InChI is InChI=1S/C20H23N5/c1-12(2)20-24-17-10-15(22-11-18(17)25(20)4)8-13(3)16-9-14-6-5-7-21-19(14)23-16/h5-7,9-13H,8H2,1-4H3,(H,21,23).